The predicted octanol–water partition coefficient (Wildman–Crippen LogP) is 2.06. The molecule has 0 aromatic carbocycles. The summed E-state index contributed by atoms with van der Waals surface area (Å²) in [6.45, 7) is 5.93. The maximum atomic E-state index is 4.50. The highest BCUT2D eigenvalue weighted by Gasteiger charge is 2.13. The van der Waals surface area contributed by atoms with Crippen LogP contribution in [0.4, 0.5) is 0 Å². The topological polar surface area (TPSA) is 28.2 Å². The smallest absolute Gasteiger partial charge is 0.0941 e. The molecule has 2 heterocycles. The van der Waals surface area contributed by atoms with Crippen molar-refractivity contribution in [2.45, 2.75) is 32.2 Å². The van der Waals surface area contributed by atoms with Crippen molar-refractivity contribution in [3.63, 3.8) is 0 Å². The Morgan fingerprint density at radius 2 is 2.25 bits per heavy atom. The Balaban J connectivity index is 1.82. The van der Waals surface area contributed by atoms with Gasteiger partial charge in [-0.2, -0.15) is 0 Å². The highest BCUT2D eigenvalue weighted by Crippen LogP contribution is 2.21. The van der Waals surface area contributed by atoms with Gasteiger partial charge < -0.3 is 10.2 Å². The summed E-state index contributed by atoms with van der Waals surface area (Å²) in [6.07, 6.45) is 5.88. The lowest BCUT2D eigenvalue weighted by Gasteiger charge is -2.12. The molecule has 1 unspecified atom stereocenters. The van der Waals surface area contributed by atoms with E-state index in [0.29, 0.717) is 6.04 Å². The average molecular weight is 239 g/mol. The van der Waals surface area contributed by atoms with Crippen molar-refractivity contribution < 1.29 is 0 Å². The number of thiazole rings is 1. The Morgan fingerprint density at radius 3 is 2.94 bits per heavy atom. The first-order valence-electron chi connectivity index (χ1n) is 6.14. The van der Waals surface area contributed by atoms with Crippen molar-refractivity contribution in [2.75, 3.05) is 26.7 Å². The van der Waals surface area contributed by atoms with Crippen LogP contribution in [0, 0.1) is 0 Å². The second-order valence-electron chi connectivity index (χ2n) is 4.47. The minimum atomic E-state index is 0.429. The second-order valence-corrected chi connectivity index (χ2v) is 5.61. The molecule has 90 valence electrons. The molecule has 1 saturated heterocycles. The van der Waals surface area contributed by atoms with Gasteiger partial charge in [-0.3, -0.25) is 0 Å². The third-order valence-corrected chi connectivity index (χ3v) is 4.51. The van der Waals surface area contributed by atoms with Gasteiger partial charge in [0.05, 0.1) is 5.01 Å². The van der Waals surface area contributed by atoms with Crippen LogP contribution in [-0.4, -0.2) is 36.6 Å². The van der Waals surface area contributed by atoms with Crippen molar-refractivity contribution in [2.24, 2.45) is 0 Å². The van der Waals surface area contributed by atoms with Crippen molar-refractivity contribution in [1.29, 1.82) is 0 Å². The molecule has 16 heavy (non-hydrogen) atoms. The van der Waals surface area contributed by atoms with E-state index < -0.39 is 0 Å². The van der Waals surface area contributed by atoms with Gasteiger partial charge in [0.25, 0.3) is 0 Å². The summed E-state index contributed by atoms with van der Waals surface area (Å²) in [5.74, 6) is 0. The van der Waals surface area contributed by atoms with Crippen LogP contribution in [0.25, 0.3) is 0 Å². The molecule has 1 aliphatic heterocycles. The second kappa shape index (κ2) is 5.75. The lowest BCUT2D eigenvalue weighted by atomic mass is 10.3. The molecule has 3 nitrogen and oxygen atoms in total. The molecule has 1 aromatic heterocycles. The van der Waals surface area contributed by atoms with Crippen LogP contribution < -0.4 is 5.32 Å². The van der Waals surface area contributed by atoms with Gasteiger partial charge in [0, 0.05) is 30.1 Å². The first kappa shape index (κ1) is 12.0. The molecule has 0 radical (unpaired) electrons. The van der Waals surface area contributed by atoms with E-state index in [1.807, 2.05) is 24.6 Å². The predicted molar refractivity (Wildman–Crippen MR) is 69.0 cm³/mol. The average Bonchev–Trinajstić information content (AvgIpc) is 2.96. The fraction of sp³-hybridized carbons (Fsp3) is 0.750. The normalized spacial score (nSPS) is 19.1. The third kappa shape index (κ3) is 3.03. The molecule has 1 N–H and O–H groups in total. The van der Waals surface area contributed by atoms with Crippen LogP contribution in [0.3, 0.4) is 0 Å². The van der Waals surface area contributed by atoms with E-state index >= 15 is 0 Å². The van der Waals surface area contributed by atoms with E-state index in [2.05, 4.69) is 22.1 Å². The lowest BCUT2D eigenvalue weighted by molar-refractivity contribution is 0.343. The molecular formula is C12H21N3S. The van der Waals surface area contributed by atoms with Crippen LogP contribution in [0.15, 0.2) is 6.20 Å². The molecule has 1 aromatic rings. The number of likely N-dealkylation sites (tertiary alicyclic amines) is 1. The van der Waals surface area contributed by atoms with E-state index in [9.17, 15) is 0 Å². The largest absolute Gasteiger partial charge is 0.312 e. The Labute approximate surface area is 102 Å². The number of nitrogens with zero attached hydrogens (tertiary/aromatic N) is 2. The van der Waals surface area contributed by atoms with Gasteiger partial charge >= 0.3 is 0 Å². The van der Waals surface area contributed by atoms with Gasteiger partial charge in [-0.1, -0.05) is 0 Å². The van der Waals surface area contributed by atoms with Crippen LogP contribution in [0.5, 0.6) is 0 Å². The van der Waals surface area contributed by atoms with Gasteiger partial charge in [-0.15, -0.1) is 11.3 Å². The Kier molecular flexibility index (Phi) is 4.32. The number of hydrogen-bond donors (Lipinski definition) is 1. The summed E-state index contributed by atoms with van der Waals surface area (Å²) < 4.78 is 0. The molecule has 1 aliphatic rings. The summed E-state index contributed by atoms with van der Waals surface area (Å²) in [5.41, 5.74) is 0. The minimum absolute atomic E-state index is 0.429. The molecule has 2 rings (SSSR count). The fourth-order valence-electron chi connectivity index (χ4n) is 2.04. The molecule has 0 amide bonds. The summed E-state index contributed by atoms with van der Waals surface area (Å²) in [5, 5.41) is 4.53. The van der Waals surface area contributed by atoms with E-state index in [1.165, 1.54) is 42.4 Å². The molecule has 0 aliphatic carbocycles. The highest BCUT2D eigenvalue weighted by atomic mass is 32.1. The van der Waals surface area contributed by atoms with E-state index in [1.54, 1.807) is 0 Å². The fourth-order valence-corrected chi connectivity index (χ4v) is 3.01. The van der Waals surface area contributed by atoms with Crippen LogP contribution in [0.1, 0.15) is 35.7 Å². The summed E-state index contributed by atoms with van der Waals surface area (Å²) >= 11 is 1.85. The Morgan fingerprint density at radius 1 is 1.50 bits per heavy atom. The van der Waals surface area contributed by atoms with Crippen molar-refractivity contribution in [3.05, 3.63) is 16.1 Å². The van der Waals surface area contributed by atoms with Crippen LogP contribution in [-0.2, 0) is 6.42 Å². The number of rotatable bonds is 5. The van der Waals surface area contributed by atoms with Gasteiger partial charge in [0.15, 0.2) is 0 Å². The van der Waals surface area contributed by atoms with E-state index in [4.69, 9.17) is 0 Å². The number of hydrogen-bond acceptors (Lipinski definition) is 4. The van der Waals surface area contributed by atoms with Gasteiger partial charge in [0.2, 0.25) is 0 Å². The van der Waals surface area contributed by atoms with Crippen molar-refractivity contribution in [1.82, 2.24) is 15.2 Å². The Hall–Kier alpha value is -0.450. The maximum absolute atomic E-state index is 4.50. The molecule has 1 atom stereocenters. The summed E-state index contributed by atoms with van der Waals surface area (Å²) in [6, 6.07) is 0.429. The summed E-state index contributed by atoms with van der Waals surface area (Å²) in [7, 11) is 1.99. The maximum Gasteiger partial charge on any atom is 0.0941 e. The van der Waals surface area contributed by atoms with Gasteiger partial charge in [-0.05, 0) is 39.9 Å². The van der Waals surface area contributed by atoms with E-state index in [0.717, 1.165) is 6.42 Å². The van der Waals surface area contributed by atoms with Gasteiger partial charge in [-0.25, -0.2) is 4.98 Å². The zero-order valence-corrected chi connectivity index (χ0v) is 11.0. The molecule has 4 heteroatoms. The third-order valence-electron chi connectivity index (χ3n) is 3.27. The number of nitrogens with one attached hydrogen (secondary N) is 1. The SMILES string of the molecule is CNC(C)c1cnc(CCN2CCCC2)s1. The first-order valence-corrected chi connectivity index (χ1v) is 6.95. The zero-order chi connectivity index (χ0) is 11.4. The van der Waals surface area contributed by atoms with E-state index in [-0.39, 0.29) is 0 Å². The van der Waals surface area contributed by atoms with Crippen LogP contribution in [0.2, 0.25) is 0 Å². The lowest BCUT2D eigenvalue weighted by Crippen LogP contribution is -2.21. The van der Waals surface area contributed by atoms with Crippen LogP contribution >= 0.6 is 11.3 Å². The summed E-state index contributed by atoms with van der Waals surface area (Å²) in [4.78, 5) is 8.39. The van der Waals surface area contributed by atoms with Crippen molar-refractivity contribution >= 4 is 11.3 Å². The minimum Gasteiger partial charge on any atom is -0.312 e. The quantitative estimate of drug-likeness (QED) is 0.852. The monoisotopic (exact) mass is 239 g/mol. The zero-order valence-electron chi connectivity index (χ0n) is 10.2. The van der Waals surface area contributed by atoms with Gasteiger partial charge in [0.1, 0.15) is 0 Å². The molecule has 0 saturated carbocycles. The molecule has 0 bridgehead atoms. The Bertz CT molecular complexity index is 318. The molecule has 1 fully saturated rings. The molecule has 0 spiro atoms. The first-order chi connectivity index (χ1) is 7.79. The standard InChI is InChI=1S/C12H21N3S/c1-10(13-2)11-9-14-12(16-11)5-8-15-6-3-4-7-15/h9-10,13H,3-8H2,1-2H3. The number of aromatic nitrogens is 1. The molecular weight excluding hydrogens is 218 g/mol. The van der Waals surface area contributed by atoms with Crippen molar-refractivity contribution in [3.8, 4) is 0 Å². The highest BCUT2D eigenvalue weighted by molar-refractivity contribution is 7.11.